The van der Waals surface area contributed by atoms with E-state index in [1.165, 1.54) is 12.1 Å². The molecule has 10 heteroatoms. The third kappa shape index (κ3) is 4.82. The largest absolute Gasteiger partial charge is 0.373 e. The monoisotopic (exact) mass is 500 g/mol. The number of nitrogens with zero attached hydrogens (tertiary/aromatic N) is 4. The highest BCUT2D eigenvalue weighted by molar-refractivity contribution is 7.71. The van der Waals surface area contributed by atoms with Crippen molar-refractivity contribution in [2.24, 2.45) is 0 Å². The van der Waals surface area contributed by atoms with Crippen LogP contribution in [0.3, 0.4) is 0 Å². The second kappa shape index (κ2) is 9.17. The molecule has 1 aromatic heterocycles. The molecular weight excluding hydrogens is 482 g/mol. The molecular formula is C21H20Cl3FN4OS. The Morgan fingerprint density at radius 3 is 2.42 bits per heavy atom. The SMILES string of the molecule is C[C@H]1CN(Cn2nc(-c3ccc(Cl)cc3Cl)n(-c3ccc(F)c(Cl)c3)c2=S)C[C@H](C)O1. The van der Waals surface area contributed by atoms with Gasteiger partial charge in [0.25, 0.3) is 0 Å². The lowest BCUT2D eigenvalue weighted by molar-refractivity contribution is -0.0777. The van der Waals surface area contributed by atoms with Gasteiger partial charge < -0.3 is 4.74 Å². The number of ether oxygens (including phenoxy) is 1. The fourth-order valence-corrected chi connectivity index (χ4v) is 4.75. The Hall–Kier alpha value is -1.48. The smallest absolute Gasteiger partial charge is 0.204 e. The molecule has 31 heavy (non-hydrogen) atoms. The summed E-state index contributed by atoms with van der Waals surface area (Å²) in [6.45, 7) is 6.09. The third-order valence-electron chi connectivity index (χ3n) is 5.00. The second-order valence-corrected chi connectivity index (χ2v) is 9.21. The van der Waals surface area contributed by atoms with E-state index in [0.717, 1.165) is 13.1 Å². The highest BCUT2D eigenvalue weighted by atomic mass is 35.5. The third-order valence-corrected chi connectivity index (χ3v) is 6.23. The first-order valence-corrected chi connectivity index (χ1v) is 11.3. The Kier molecular flexibility index (Phi) is 6.72. The lowest BCUT2D eigenvalue weighted by atomic mass is 10.2. The number of morpholine rings is 1. The molecule has 0 aliphatic carbocycles. The molecule has 0 radical (unpaired) electrons. The van der Waals surface area contributed by atoms with Crippen LogP contribution < -0.4 is 0 Å². The van der Waals surface area contributed by atoms with Crippen molar-refractivity contribution in [1.82, 2.24) is 19.2 Å². The molecule has 1 aliphatic heterocycles. The van der Waals surface area contributed by atoms with Gasteiger partial charge in [0.2, 0.25) is 4.77 Å². The van der Waals surface area contributed by atoms with Crippen LogP contribution in [0.25, 0.3) is 17.1 Å². The average Bonchev–Trinajstić information content (AvgIpc) is 2.99. The van der Waals surface area contributed by atoms with Crippen molar-refractivity contribution in [3.63, 3.8) is 0 Å². The van der Waals surface area contributed by atoms with Crippen molar-refractivity contribution in [2.45, 2.75) is 32.7 Å². The van der Waals surface area contributed by atoms with Gasteiger partial charge in [-0.25, -0.2) is 9.07 Å². The topological polar surface area (TPSA) is 35.2 Å². The van der Waals surface area contributed by atoms with E-state index in [1.54, 1.807) is 33.5 Å². The van der Waals surface area contributed by atoms with Crippen LogP contribution in [-0.2, 0) is 11.4 Å². The molecule has 0 spiro atoms. The molecule has 1 saturated heterocycles. The quantitative estimate of drug-likeness (QED) is 0.397. The summed E-state index contributed by atoms with van der Waals surface area (Å²) >= 11 is 24.4. The molecule has 0 N–H and O–H groups in total. The minimum atomic E-state index is -0.508. The predicted octanol–water partition coefficient (Wildman–Crippen LogP) is 6.24. The van der Waals surface area contributed by atoms with E-state index in [-0.39, 0.29) is 17.2 Å². The molecule has 3 aromatic rings. The van der Waals surface area contributed by atoms with Crippen LogP contribution in [0.15, 0.2) is 36.4 Å². The number of rotatable bonds is 4. The first kappa shape index (κ1) is 22.7. The summed E-state index contributed by atoms with van der Waals surface area (Å²) in [6.07, 6.45) is 0.224. The standard InChI is InChI=1S/C21H20Cl3FN4OS/c1-12-9-27(10-13(2)30-12)11-28-21(31)29(15-4-6-19(25)18(24)8-15)20(26-28)16-5-3-14(22)7-17(16)23/h3-8,12-13H,9-11H2,1-2H3/t12-,13-/m0/s1. The van der Waals surface area contributed by atoms with Gasteiger partial charge in [-0.15, -0.1) is 5.10 Å². The predicted molar refractivity (Wildman–Crippen MR) is 124 cm³/mol. The van der Waals surface area contributed by atoms with Gasteiger partial charge in [-0.05, 0) is 62.5 Å². The number of benzene rings is 2. The first-order valence-electron chi connectivity index (χ1n) is 9.71. The Balaban J connectivity index is 1.83. The Morgan fingerprint density at radius 2 is 1.77 bits per heavy atom. The van der Waals surface area contributed by atoms with Gasteiger partial charge in [0.1, 0.15) is 5.82 Å². The van der Waals surface area contributed by atoms with Crippen molar-refractivity contribution in [2.75, 3.05) is 13.1 Å². The van der Waals surface area contributed by atoms with Crippen LogP contribution >= 0.6 is 47.0 Å². The Bertz CT molecular complexity index is 1170. The zero-order chi connectivity index (χ0) is 22.3. The Morgan fingerprint density at radius 1 is 1.06 bits per heavy atom. The molecule has 0 saturated carbocycles. The van der Waals surface area contributed by atoms with Crippen molar-refractivity contribution >= 4 is 47.0 Å². The fourth-order valence-electron chi connectivity index (χ4n) is 3.79. The van der Waals surface area contributed by atoms with Crippen LogP contribution in [0.2, 0.25) is 15.1 Å². The molecule has 1 fully saturated rings. The lowest BCUT2D eigenvalue weighted by Crippen LogP contribution is -2.46. The minimum absolute atomic E-state index is 0.00358. The first-order chi connectivity index (χ1) is 14.7. The van der Waals surface area contributed by atoms with Crippen LogP contribution in [0.4, 0.5) is 4.39 Å². The maximum absolute atomic E-state index is 13.8. The van der Waals surface area contributed by atoms with E-state index in [1.807, 2.05) is 13.8 Å². The number of halogens is 4. The maximum atomic E-state index is 13.8. The van der Waals surface area contributed by atoms with E-state index >= 15 is 0 Å². The van der Waals surface area contributed by atoms with Crippen LogP contribution in [0.5, 0.6) is 0 Å². The zero-order valence-electron chi connectivity index (χ0n) is 16.9. The summed E-state index contributed by atoms with van der Waals surface area (Å²) in [4.78, 5) is 2.23. The number of hydrogen-bond donors (Lipinski definition) is 0. The van der Waals surface area contributed by atoms with Gasteiger partial charge in [-0.2, -0.15) is 0 Å². The molecule has 2 aromatic carbocycles. The molecule has 2 atom stereocenters. The summed E-state index contributed by atoms with van der Waals surface area (Å²) in [5.41, 5.74) is 1.24. The highest BCUT2D eigenvalue weighted by Gasteiger charge is 2.24. The van der Waals surface area contributed by atoms with E-state index in [0.29, 0.717) is 38.6 Å². The maximum Gasteiger partial charge on any atom is 0.204 e. The molecule has 0 bridgehead atoms. The fraction of sp³-hybridized carbons (Fsp3) is 0.333. The average molecular weight is 502 g/mol. The second-order valence-electron chi connectivity index (χ2n) is 7.60. The van der Waals surface area contributed by atoms with E-state index in [2.05, 4.69) is 4.90 Å². The van der Waals surface area contributed by atoms with Crippen molar-refractivity contribution in [1.29, 1.82) is 0 Å². The molecule has 5 nitrogen and oxygen atoms in total. The van der Waals surface area contributed by atoms with E-state index < -0.39 is 5.82 Å². The summed E-state index contributed by atoms with van der Waals surface area (Å²) in [6, 6.07) is 9.59. The minimum Gasteiger partial charge on any atom is -0.373 e. The van der Waals surface area contributed by atoms with Crippen LogP contribution in [0, 0.1) is 10.6 Å². The van der Waals surface area contributed by atoms with Gasteiger partial charge >= 0.3 is 0 Å². The molecule has 0 unspecified atom stereocenters. The normalized spacial score (nSPS) is 19.7. The Labute approximate surface area is 199 Å². The summed E-state index contributed by atoms with van der Waals surface area (Å²) < 4.78 is 23.5. The van der Waals surface area contributed by atoms with Crippen molar-refractivity contribution < 1.29 is 9.13 Å². The molecule has 164 valence electrons. The van der Waals surface area contributed by atoms with Crippen molar-refractivity contribution in [3.05, 3.63) is 62.1 Å². The summed E-state index contributed by atoms with van der Waals surface area (Å²) in [5.74, 6) is 0.00962. The van der Waals surface area contributed by atoms with Gasteiger partial charge in [0.05, 0.1) is 34.6 Å². The van der Waals surface area contributed by atoms with Gasteiger partial charge in [-0.3, -0.25) is 9.47 Å². The summed E-state index contributed by atoms with van der Waals surface area (Å²) in [7, 11) is 0. The lowest BCUT2D eigenvalue weighted by Gasteiger charge is -2.34. The van der Waals surface area contributed by atoms with E-state index in [4.69, 9.17) is 56.9 Å². The van der Waals surface area contributed by atoms with Gasteiger partial charge in [0.15, 0.2) is 5.82 Å². The molecule has 4 rings (SSSR count). The van der Waals surface area contributed by atoms with Crippen LogP contribution in [-0.4, -0.2) is 44.5 Å². The van der Waals surface area contributed by atoms with Crippen LogP contribution in [0.1, 0.15) is 13.8 Å². The zero-order valence-corrected chi connectivity index (χ0v) is 19.9. The molecule has 2 heterocycles. The summed E-state index contributed by atoms with van der Waals surface area (Å²) in [5, 5.41) is 5.71. The van der Waals surface area contributed by atoms with E-state index in [9.17, 15) is 4.39 Å². The van der Waals surface area contributed by atoms with Gasteiger partial charge in [-0.1, -0.05) is 34.8 Å². The molecule has 0 amide bonds. The molecule has 1 aliphatic rings. The number of aromatic nitrogens is 3. The van der Waals surface area contributed by atoms with Crippen molar-refractivity contribution in [3.8, 4) is 17.1 Å². The number of hydrogen-bond acceptors (Lipinski definition) is 4. The van der Waals surface area contributed by atoms with Gasteiger partial charge in [0, 0.05) is 23.7 Å². The highest BCUT2D eigenvalue weighted by Crippen LogP contribution is 2.32.